The van der Waals surface area contributed by atoms with Crippen LogP contribution in [0.2, 0.25) is 5.15 Å². The largest absolute Gasteiger partial charge is 0.462 e. The Morgan fingerprint density at radius 2 is 2.05 bits per heavy atom. The second kappa shape index (κ2) is 5.28. The minimum atomic E-state index is -4.46. The normalized spacial score (nSPS) is 11.7. The summed E-state index contributed by atoms with van der Waals surface area (Å²) in [4.78, 5) is 15.4. The molecular weight excluding hydrogens is 295 g/mol. The number of aromatic nitrogens is 1. The van der Waals surface area contributed by atoms with E-state index in [-0.39, 0.29) is 22.8 Å². The summed E-state index contributed by atoms with van der Waals surface area (Å²) >= 11 is 5.81. The average molecular weight is 304 g/mol. The van der Waals surface area contributed by atoms with Gasteiger partial charge in [0.05, 0.1) is 23.3 Å². The molecule has 0 unspecified atom stereocenters. The van der Waals surface area contributed by atoms with Crippen LogP contribution in [-0.4, -0.2) is 17.6 Å². The first-order chi connectivity index (χ1) is 9.32. The first kappa shape index (κ1) is 14.6. The summed E-state index contributed by atoms with van der Waals surface area (Å²) in [5, 5.41) is 0.195. The van der Waals surface area contributed by atoms with Gasteiger partial charge in [-0.2, -0.15) is 13.2 Å². The van der Waals surface area contributed by atoms with E-state index in [0.717, 1.165) is 12.1 Å². The third kappa shape index (κ3) is 2.85. The van der Waals surface area contributed by atoms with Crippen LogP contribution in [0.25, 0.3) is 10.9 Å². The third-order valence-corrected chi connectivity index (χ3v) is 2.88. The number of hydrogen-bond acceptors (Lipinski definition) is 3. The zero-order valence-corrected chi connectivity index (χ0v) is 11.0. The molecule has 0 radical (unpaired) electrons. The van der Waals surface area contributed by atoms with Gasteiger partial charge in [-0.1, -0.05) is 17.7 Å². The number of esters is 1. The molecule has 1 aromatic heterocycles. The summed E-state index contributed by atoms with van der Waals surface area (Å²) in [6.07, 6.45) is -4.46. The van der Waals surface area contributed by atoms with Gasteiger partial charge in [0.1, 0.15) is 5.15 Å². The monoisotopic (exact) mass is 303 g/mol. The first-order valence-corrected chi connectivity index (χ1v) is 6.05. The van der Waals surface area contributed by atoms with E-state index in [1.54, 1.807) is 6.92 Å². The van der Waals surface area contributed by atoms with Crippen LogP contribution in [0, 0.1) is 0 Å². The van der Waals surface area contributed by atoms with Gasteiger partial charge < -0.3 is 4.74 Å². The van der Waals surface area contributed by atoms with Crippen LogP contribution in [0.5, 0.6) is 0 Å². The molecule has 0 aliphatic rings. The minimum absolute atomic E-state index is 0.0285. The van der Waals surface area contributed by atoms with E-state index in [1.807, 2.05) is 0 Å². The molecule has 2 aromatic rings. The summed E-state index contributed by atoms with van der Waals surface area (Å²) in [7, 11) is 0. The van der Waals surface area contributed by atoms with E-state index in [2.05, 4.69) is 4.98 Å². The Kier molecular flexibility index (Phi) is 3.85. The van der Waals surface area contributed by atoms with Crippen molar-refractivity contribution in [1.29, 1.82) is 0 Å². The number of alkyl halides is 3. The Morgan fingerprint density at radius 1 is 1.35 bits per heavy atom. The predicted octanol–water partition coefficient (Wildman–Crippen LogP) is 4.08. The molecule has 106 valence electrons. The van der Waals surface area contributed by atoms with Crippen LogP contribution < -0.4 is 0 Å². The molecule has 1 aromatic carbocycles. The highest BCUT2D eigenvalue weighted by Crippen LogP contribution is 2.32. The van der Waals surface area contributed by atoms with Gasteiger partial charge in [0.2, 0.25) is 0 Å². The van der Waals surface area contributed by atoms with E-state index in [4.69, 9.17) is 16.3 Å². The van der Waals surface area contributed by atoms with Crippen molar-refractivity contribution in [2.45, 2.75) is 13.1 Å². The van der Waals surface area contributed by atoms with Crippen molar-refractivity contribution in [2.75, 3.05) is 6.61 Å². The Balaban J connectivity index is 2.54. The predicted molar refractivity (Wildman–Crippen MR) is 67.7 cm³/mol. The summed E-state index contributed by atoms with van der Waals surface area (Å²) in [6.45, 7) is 1.80. The molecule has 0 saturated heterocycles. The number of carbonyl (C=O) groups is 1. The molecule has 20 heavy (non-hydrogen) atoms. The van der Waals surface area contributed by atoms with E-state index in [1.165, 1.54) is 12.1 Å². The van der Waals surface area contributed by atoms with Crippen LogP contribution >= 0.6 is 11.6 Å². The number of fused-ring (bicyclic) bond motifs is 1. The third-order valence-electron chi connectivity index (χ3n) is 2.59. The Hall–Kier alpha value is -1.82. The van der Waals surface area contributed by atoms with Gasteiger partial charge in [0.15, 0.2) is 0 Å². The highest BCUT2D eigenvalue weighted by atomic mass is 35.5. The number of carbonyl (C=O) groups excluding carboxylic acids is 1. The quantitative estimate of drug-likeness (QED) is 0.620. The standard InChI is InChI=1S/C13H9ClF3NO2/c1-2-20-12(19)9-5-7-3-4-8(13(15,16)17)6-10(7)18-11(9)14/h3-6H,2H2,1H3. The number of halogens is 4. The van der Waals surface area contributed by atoms with E-state index < -0.39 is 17.7 Å². The molecule has 0 amide bonds. The lowest BCUT2D eigenvalue weighted by molar-refractivity contribution is -0.137. The fourth-order valence-corrected chi connectivity index (χ4v) is 1.89. The fourth-order valence-electron chi connectivity index (χ4n) is 1.67. The van der Waals surface area contributed by atoms with Gasteiger partial charge in [-0.15, -0.1) is 0 Å². The second-order valence-corrected chi connectivity index (χ2v) is 4.31. The number of benzene rings is 1. The van der Waals surface area contributed by atoms with Gasteiger partial charge in [0.25, 0.3) is 0 Å². The fraction of sp³-hybridized carbons (Fsp3) is 0.231. The summed E-state index contributed by atoms with van der Waals surface area (Å²) < 4.78 is 42.6. The van der Waals surface area contributed by atoms with Crippen molar-refractivity contribution in [2.24, 2.45) is 0 Å². The molecule has 3 nitrogen and oxygen atoms in total. The highest BCUT2D eigenvalue weighted by Gasteiger charge is 2.30. The SMILES string of the molecule is CCOC(=O)c1cc2ccc(C(F)(F)F)cc2nc1Cl. The van der Waals surface area contributed by atoms with E-state index in [9.17, 15) is 18.0 Å². The number of hydrogen-bond donors (Lipinski definition) is 0. The molecule has 0 fully saturated rings. The molecule has 0 N–H and O–H groups in total. The van der Waals surface area contributed by atoms with E-state index >= 15 is 0 Å². The van der Waals surface area contributed by atoms with Gasteiger partial charge in [-0.05, 0) is 25.1 Å². The van der Waals surface area contributed by atoms with E-state index in [0.29, 0.717) is 5.39 Å². The summed E-state index contributed by atoms with van der Waals surface area (Å²) in [6, 6.07) is 4.41. The molecule has 0 saturated carbocycles. The smallest absolute Gasteiger partial charge is 0.416 e. The molecule has 0 aliphatic heterocycles. The highest BCUT2D eigenvalue weighted by molar-refractivity contribution is 6.32. The van der Waals surface area contributed by atoms with Crippen molar-refractivity contribution in [1.82, 2.24) is 4.98 Å². The second-order valence-electron chi connectivity index (χ2n) is 3.95. The van der Waals surface area contributed by atoms with Crippen molar-refractivity contribution in [3.05, 3.63) is 40.5 Å². The zero-order chi connectivity index (χ0) is 14.9. The summed E-state index contributed by atoms with van der Waals surface area (Å²) in [5.41, 5.74) is -0.726. The maximum Gasteiger partial charge on any atom is 0.416 e. The maximum atomic E-state index is 12.6. The Labute approximate surface area is 117 Å². The van der Waals surface area contributed by atoms with Gasteiger partial charge >= 0.3 is 12.1 Å². The van der Waals surface area contributed by atoms with Crippen LogP contribution in [0.15, 0.2) is 24.3 Å². The van der Waals surface area contributed by atoms with Crippen LogP contribution in [0.4, 0.5) is 13.2 Å². The first-order valence-electron chi connectivity index (χ1n) is 5.67. The minimum Gasteiger partial charge on any atom is -0.462 e. The lowest BCUT2D eigenvalue weighted by atomic mass is 10.1. The van der Waals surface area contributed by atoms with Gasteiger partial charge in [-0.3, -0.25) is 0 Å². The maximum absolute atomic E-state index is 12.6. The molecule has 1 heterocycles. The van der Waals surface area contributed by atoms with Crippen molar-refractivity contribution < 1.29 is 22.7 Å². The number of ether oxygens (including phenoxy) is 1. The number of pyridine rings is 1. The molecule has 0 bridgehead atoms. The molecule has 7 heteroatoms. The number of rotatable bonds is 2. The van der Waals surface area contributed by atoms with Crippen molar-refractivity contribution >= 4 is 28.5 Å². The van der Waals surface area contributed by atoms with Gasteiger partial charge in [0, 0.05) is 5.39 Å². The molecule has 0 aliphatic carbocycles. The molecule has 0 spiro atoms. The van der Waals surface area contributed by atoms with Crippen molar-refractivity contribution in [3.8, 4) is 0 Å². The molecule has 0 atom stereocenters. The average Bonchev–Trinajstić information content (AvgIpc) is 2.36. The molecular formula is C13H9ClF3NO2. The Morgan fingerprint density at radius 3 is 2.65 bits per heavy atom. The van der Waals surface area contributed by atoms with Crippen LogP contribution in [0.3, 0.4) is 0 Å². The molecule has 2 rings (SSSR count). The summed E-state index contributed by atoms with van der Waals surface area (Å²) in [5.74, 6) is -0.660. The topological polar surface area (TPSA) is 39.2 Å². The zero-order valence-electron chi connectivity index (χ0n) is 10.3. The van der Waals surface area contributed by atoms with Crippen molar-refractivity contribution in [3.63, 3.8) is 0 Å². The number of nitrogens with zero attached hydrogens (tertiary/aromatic N) is 1. The lowest BCUT2D eigenvalue weighted by Crippen LogP contribution is -2.07. The van der Waals surface area contributed by atoms with Gasteiger partial charge in [-0.25, -0.2) is 9.78 Å². The van der Waals surface area contributed by atoms with Crippen LogP contribution in [-0.2, 0) is 10.9 Å². The Bertz CT molecular complexity index is 670. The lowest BCUT2D eigenvalue weighted by Gasteiger charge is -2.09. The van der Waals surface area contributed by atoms with Crippen LogP contribution in [0.1, 0.15) is 22.8 Å².